The molecule has 2 N–H and O–H groups in total. The zero-order valence-electron chi connectivity index (χ0n) is 12.2. The summed E-state index contributed by atoms with van der Waals surface area (Å²) in [6.07, 6.45) is 6.98. The number of urea groups is 1. The van der Waals surface area contributed by atoms with E-state index in [1.807, 2.05) is 36.3 Å². The summed E-state index contributed by atoms with van der Waals surface area (Å²) in [6, 6.07) is 4.15. The number of nitrogens with one attached hydrogen (secondary N) is 2. The highest BCUT2D eigenvalue weighted by molar-refractivity contribution is 7.99. The molecule has 1 aromatic heterocycles. The lowest BCUT2D eigenvalue weighted by atomic mass is 9.90. The molecular weight excluding hydrogens is 286 g/mol. The second-order valence-electron chi connectivity index (χ2n) is 5.84. The number of thioether (sulfide) groups is 1. The van der Waals surface area contributed by atoms with Crippen molar-refractivity contribution in [1.29, 1.82) is 0 Å². The molecule has 2 aliphatic rings. The van der Waals surface area contributed by atoms with Crippen LogP contribution >= 0.6 is 11.8 Å². The van der Waals surface area contributed by atoms with Crippen LogP contribution in [0.5, 0.6) is 0 Å². The Hall–Kier alpha value is -1.14. The van der Waals surface area contributed by atoms with Gasteiger partial charge in [-0.15, -0.1) is 0 Å². The number of hydrogen-bond donors (Lipinski definition) is 2. The summed E-state index contributed by atoms with van der Waals surface area (Å²) < 4.78 is 8.03. The van der Waals surface area contributed by atoms with Crippen molar-refractivity contribution >= 4 is 17.8 Å². The molecule has 0 aliphatic carbocycles. The standard InChI is InChI=1S/C15H23N3O2S/c19-14(16-5-8-18-6-1-2-7-18)17-13-3-9-20-15(11-13)4-10-21-12-15/h1-2,6-7,13H,3-5,8-12H2,(H2,16,17,19)/t13-,15+/m0/s1. The number of nitrogens with zero attached hydrogens (tertiary/aromatic N) is 1. The second-order valence-corrected chi connectivity index (χ2v) is 6.95. The van der Waals surface area contributed by atoms with Crippen molar-refractivity contribution in [2.24, 2.45) is 0 Å². The predicted molar refractivity (Wildman–Crippen MR) is 84.6 cm³/mol. The number of amides is 2. The molecule has 1 aromatic rings. The molecule has 0 unspecified atom stereocenters. The molecule has 2 aliphatic heterocycles. The Balaban J connectivity index is 1.40. The third kappa shape index (κ3) is 3.95. The summed E-state index contributed by atoms with van der Waals surface area (Å²) in [4.78, 5) is 12.0. The summed E-state index contributed by atoms with van der Waals surface area (Å²) in [5, 5.41) is 6.03. The number of aromatic nitrogens is 1. The van der Waals surface area contributed by atoms with E-state index < -0.39 is 0 Å². The lowest BCUT2D eigenvalue weighted by Gasteiger charge is -2.37. The smallest absolute Gasteiger partial charge is 0.315 e. The van der Waals surface area contributed by atoms with Crippen LogP contribution in [0.15, 0.2) is 24.5 Å². The van der Waals surface area contributed by atoms with Crippen LogP contribution in [-0.2, 0) is 11.3 Å². The Labute approximate surface area is 129 Å². The van der Waals surface area contributed by atoms with Gasteiger partial charge >= 0.3 is 6.03 Å². The van der Waals surface area contributed by atoms with E-state index in [1.165, 1.54) is 5.75 Å². The van der Waals surface area contributed by atoms with Crippen LogP contribution in [0.3, 0.4) is 0 Å². The molecule has 2 saturated heterocycles. The zero-order chi connectivity index (χ0) is 14.5. The molecule has 2 amide bonds. The van der Waals surface area contributed by atoms with E-state index in [-0.39, 0.29) is 17.7 Å². The normalized spacial score (nSPS) is 28.7. The molecule has 2 fully saturated rings. The second kappa shape index (κ2) is 6.75. The SMILES string of the molecule is O=C(NCCn1cccc1)N[C@H]1CCO[C@]2(CCSC2)C1. The van der Waals surface area contributed by atoms with Gasteiger partial charge in [-0.3, -0.25) is 0 Å². The average Bonchev–Trinajstić information content (AvgIpc) is 3.11. The molecule has 0 aromatic carbocycles. The van der Waals surface area contributed by atoms with Crippen LogP contribution in [0.25, 0.3) is 0 Å². The summed E-state index contributed by atoms with van der Waals surface area (Å²) in [5.41, 5.74) is 0.0198. The highest BCUT2D eigenvalue weighted by Crippen LogP contribution is 2.38. The van der Waals surface area contributed by atoms with Crippen LogP contribution in [0.2, 0.25) is 0 Å². The summed E-state index contributed by atoms with van der Waals surface area (Å²) >= 11 is 1.96. The van der Waals surface area contributed by atoms with Gasteiger partial charge in [-0.25, -0.2) is 4.79 Å². The van der Waals surface area contributed by atoms with Gasteiger partial charge in [0, 0.05) is 43.9 Å². The topological polar surface area (TPSA) is 55.3 Å². The highest BCUT2D eigenvalue weighted by Gasteiger charge is 2.40. The molecule has 0 radical (unpaired) electrons. The van der Waals surface area contributed by atoms with Crippen molar-refractivity contribution < 1.29 is 9.53 Å². The van der Waals surface area contributed by atoms with Gasteiger partial charge in [-0.05, 0) is 37.1 Å². The summed E-state index contributed by atoms with van der Waals surface area (Å²) in [6.45, 7) is 2.20. The predicted octanol–water partition coefficient (Wildman–Crippen LogP) is 1.84. The maximum Gasteiger partial charge on any atom is 0.315 e. The van der Waals surface area contributed by atoms with Crippen LogP contribution < -0.4 is 10.6 Å². The fourth-order valence-corrected chi connectivity index (χ4v) is 4.45. The van der Waals surface area contributed by atoms with E-state index in [2.05, 4.69) is 15.2 Å². The number of hydrogen-bond acceptors (Lipinski definition) is 3. The lowest BCUT2D eigenvalue weighted by Crippen LogP contribution is -2.51. The molecule has 5 nitrogen and oxygen atoms in total. The Kier molecular flexibility index (Phi) is 4.75. The van der Waals surface area contributed by atoms with Gasteiger partial charge in [-0.2, -0.15) is 11.8 Å². The monoisotopic (exact) mass is 309 g/mol. The Morgan fingerprint density at radius 1 is 1.43 bits per heavy atom. The first-order valence-corrected chi connectivity index (χ1v) is 8.78. The van der Waals surface area contributed by atoms with E-state index >= 15 is 0 Å². The maximum atomic E-state index is 12.0. The molecule has 3 heterocycles. The van der Waals surface area contributed by atoms with Crippen molar-refractivity contribution in [2.45, 2.75) is 37.5 Å². The van der Waals surface area contributed by atoms with Crippen molar-refractivity contribution in [2.75, 3.05) is 24.7 Å². The van der Waals surface area contributed by atoms with Crippen LogP contribution in [0.4, 0.5) is 4.79 Å². The third-order valence-electron chi connectivity index (χ3n) is 4.22. The van der Waals surface area contributed by atoms with Crippen LogP contribution in [0, 0.1) is 0 Å². The van der Waals surface area contributed by atoms with E-state index in [1.54, 1.807) is 0 Å². The zero-order valence-corrected chi connectivity index (χ0v) is 13.0. The molecule has 21 heavy (non-hydrogen) atoms. The summed E-state index contributed by atoms with van der Waals surface area (Å²) in [5.74, 6) is 2.25. The Bertz CT molecular complexity index is 457. The molecule has 3 rings (SSSR count). The minimum absolute atomic E-state index is 0.0198. The van der Waals surface area contributed by atoms with Crippen molar-refractivity contribution in [3.63, 3.8) is 0 Å². The van der Waals surface area contributed by atoms with Gasteiger partial charge in [0.15, 0.2) is 0 Å². The van der Waals surface area contributed by atoms with Crippen LogP contribution in [0.1, 0.15) is 19.3 Å². The van der Waals surface area contributed by atoms with Crippen molar-refractivity contribution in [3.8, 4) is 0 Å². The van der Waals surface area contributed by atoms with Gasteiger partial charge in [0.2, 0.25) is 0 Å². The molecule has 2 atom stereocenters. The van der Waals surface area contributed by atoms with E-state index in [9.17, 15) is 4.79 Å². The maximum absolute atomic E-state index is 12.0. The van der Waals surface area contributed by atoms with Crippen molar-refractivity contribution in [1.82, 2.24) is 15.2 Å². The van der Waals surface area contributed by atoms with Gasteiger partial charge in [0.1, 0.15) is 0 Å². The fraction of sp³-hybridized carbons (Fsp3) is 0.667. The lowest BCUT2D eigenvalue weighted by molar-refractivity contribution is -0.0684. The quantitative estimate of drug-likeness (QED) is 0.892. The first-order chi connectivity index (χ1) is 10.3. The molecule has 116 valence electrons. The number of rotatable bonds is 4. The molecular formula is C15H23N3O2S. The van der Waals surface area contributed by atoms with E-state index in [0.29, 0.717) is 6.54 Å². The van der Waals surface area contributed by atoms with E-state index in [0.717, 1.165) is 38.2 Å². The number of carbonyl (C=O) groups excluding carboxylic acids is 1. The number of ether oxygens (including phenoxy) is 1. The molecule has 6 heteroatoms. The molecule has 0 bridgehead atoms. The van der Waals surface area contributed by atoms with Crippen LogP contribution in [-0.4, -0.2) is 46.9 Å². The fourth-order valence-electron chi connectivity index (χ4n) is 3.07. The van der Waals surface area contributed by atoms with Gasteiger partial charge in [-0.1, -0.05) is 0 Å². The largest absolute Gasteiger partial charge is 0.374 e. The molecule has 0 saturated carbocycles. The Morgan fingerprint density at radius 3 is 3.05 bits per heavy atom. The Morgan fingerprint density at radius 2 is 2.29 bits per heavy atom. The average molecular weight is 309 g/mol. The minimum atomic E-state index is -0.0603. The van der Waals surface area contributed by atoms with Crippen molar-refractivity contribution in [3.05, 3.63) is 24.5 Å². The van der Waals surface area contributed by atoms with Gasteiger partial charge < -0.3 is 19.9 Å². The number of carbonyl (C=O) groups is 1. The van der Waals surface area contributed by atoms with Gasteiger partial charge in [0.25, 0.3) is 0 Å². The third-order valence-corrected chi connectivity index (χ3v) is 5.44. The highest BCUT2D eigenvalue weighted by atomic mass is 32.2. The summed E-state index contributed by atoms with van der Waals surface area (Å²) in [7, 11) is 0. The van der Waals surface area contributed by atoms with E-state index in [4.69, 9.17) is 4.74 Å². The first-order valence-electron chi connectivity index (χ1n) is 7.63. The first kappa shape index (κ1) is 14.8. The molecule has 1 spiro atoms. The van der Waals surface area contributed by atoms with Gasteiger partial charge in [0.05, 0.1) is 5.60 Å². The minimum Gasteiger partial charge on any atom is -0.374 e.